The lowest BCUT2D eigenvalue weighted by Gasteiger charge is -2.24. The van der Waals surface area contributed by atoms with Gasteiger partial charge in [0.15, 0.2) is 0 Å². The summed E-state index contributed by atoms with van der Waals surface area (Å²) in [5.41, 5.74) is 7.45. The fourth-order valence-electron chi connectivity index (χ4n) is 1.97. The van der Waals surface area contributed by atoms with E-state index in [1.165, 1.54) is 12.1 Å². The molecule has 0 saturated carbocycles. The summed E-state index contributed by atoms with van der Waals surface area (Å²) in [6.07, 6.45) is 1.72. The normalized spacial score (nSPS) is 10.5. The Balaban J connectivity index is 2.48. The molecule has 0 amide bonds. The van der Waals surface area contributed by atoms with Gasteiger partial charge in [-0.15, -0.1) is 0 Å². The molecule has 100 valence electrons. The van der Waals surface area contributed by atoms with Gasteiger partial charge in [-0.25, -0.2) is 9.37 Å². The highest BCUT2D eigenvalue weighted by molar-refractivity contribution is 9.10. The number of nitrogens with zero attached hydrogens (tertiary/aromatic N) is 2. The number of benzene rings is 1. The van der Waals surface area contributed by atoms with Gasteiger partial charge in [0.2, 0.25) is 0 Å². The third-order valence-corrected chi connectivity index (χ3v) is 3.25. The van der Waals surface area contributed by atoms with E-state index >= 15 is 0 Å². The average molecular weight is 324 g/mol. The molecule has 0 atom stereocenters. The summed E-state index contributed by atoms with van der Waals surface area (Å²) < 4.78 is 14.2. The Morgan fingerprint density at radius 2 is 2.16 bits per heavy atom. The maximum atomic E-state index is 13.3. The molecule has 5 heteroatoms. The molecule has 0 fully saturated rings. The molecule has 1 heterocycles. The maximum absolute atomic E-state index is 13.3. The van der Waals surface area contributed by atoms with Crippen LogP contribution in [-0.2, 0) is 6.54 Å². The van der Waals surface area contributed by atoms with E-state index in [1.807, 2.05) is 24.0 Å². The van der Waals surface area contributed by atoms with Crippen molar-refractivity contribution >= 4 is 27.4 Å². The molecule has 1 aromatic carbocycles. The minimum Gasteiger partial charge on any atom is -0.326 e. The molecule has 19 heavy (non-hydrogen) atoms. The van der Waals surface area contributed by atoms with Gasteiger partial charge in [0, 0.05) is 35.0 Å². The molecule has 0 aliphatic rings. The van der Waals surface area contributed by atoms with Gasteiger partial charge in [-0.2, -0.15) is 0 Å². The van der Waals surface area contributed by atoms with E-state index < -0.39 is 0 Å². The van der Waals surface area contributed by atoms with E-state index in [9.17, 15) is 4.39 Å². The molecule has 0 saturated heterocycles. The highest BCUT2D eigenvalue weighted by atomic mass is 79.9. The van der Waals surface area contributed by atoms with Gasteiger partial charge >= 0.3 is 0 Å². The minimum atomic E-state index is -0.262. The number of nitrogens with two attached hydrogens (primary N) is 1. The van der Waals surface area contributed by atoms with Gasteiger partial charge in [0.05, 0.1) is 0 Å². The molecule has 2 rings (SSSR count). The first-order valence-electron chi connectivity index (χ1n) is 6.03. The molecule has 0 spiro atoms. The molecule has 3 nitrogen and oxygen atoms in total. The SMILES string of the molecule is CCN(c1cccc(F)c1)c1ncc(Br)cc1CN. The van der Waals surface area contributed by atoms with Crippen LogP contribution in [0.1, 0.15) is 12.5 Å². The Labute approximate surface area is 120 Å². The largest absolute Gasteiger partial charge is 0.326 e. The van der Waals surface area contributed by atoms with E-state index in [0.717, 1.165) is 21.5 Å². The molecule has 0 bridgehead atoms. The highest BCUT2D eigenvalue weighted by Crippen LogP contribution is 2.28. The van der Waals surface area contributed by atoms with Crippen molar-refractivity contribution < 1.29 is 4.39 Å². The Morgan fingerprint density at radius 3 is 2.79 bits per heavy atom. The number of hydrogen-bond donors (Lipinski definition) is 1. The van der Waals surface area contributed by atoms with E-state index in [-0.39, 0.29) is 5.82 Å². The Morgan fingerprint density at radius 1 is 1.37 bits per heavy atom. The van der Waals surface area contributed by atoms with Crippen molar-refractivity contribution in [1.29, 1.82) is 0 Å². The quantitative estimate of drug-likeness (QED) is 0.934. The molecule has 0 aliphatic heterocycles. The van der Waals surface area contributed by atoms with E-state index in [1.54, 1.807) is 12.3 Å². The first kappa shape index (κ1) is 14.0. The summed E-state index contributed by atoms with van der Waals surface area (Å²) in [7, 11) is 0. The molecular weight excluding hydrogens is 309 g/mol. The van der Waals surface area contributed by atoms with Crippen LogP contribution in [0.25, 0.3) is 0 Å². The van der Waals surface area contributed by atoms with Gasteiger partial charge in [-0.05, 0) is 47.1 Å². The van der Waals surface area contributed by atoms with Crippen molar-refractivity contribution in [2.75, 3.05) is 11.4 Å². The number of aromatic nitrogens is 1. The van der Waals surface area contributed by atoms with Crippen LogP contribution in [0.15, 0.2) is 41.0 Å². The predicted molar refractivity (Wildman–Crippen MR) is 78.9 cm³/mol. The number of hydrogen-bond acceptors (Lipinski definition) is 3. The monoisotopic (exact) mass is 323 g/mol. The van der Waals surface area contributed by atoms with Crippen molar-refractivity contribution in [3.8, 4) is 0 Å². The van der Waals surface area contributed by atoms with Crippen molar-refractivity contribution in [2.45, 2.75) is 13.5 Å². The fourth-order valence-corrected chi connectivity index (χ4v) is 2.34. The Bertz CT molecular complexity index is 574. The van der Waals surface area contributed by atoms with Gasteiger partial charge in [0.25, 0.3) is 0 Å². The van der Waals surface area contributed by atoms with Crippen LogP contribution in [0.4, 0.5) is 15.9 Å². The smallest absolute Gasteiger partial charge is 0.137 e. The van der Waals surface area contributed by atoms with Crippen molar-refractivity contribution in [1.82, 2.24) is 4.98 Å². The van der Waals surface area contributed by atoms with E-state index in [0.29, 0.717) is 13.1 Å². The number of anilines is 2. The standard InChI is InChI=1S/C14H15BrFN3/c1-2-19(13-5-3-4-12(16)7-13)14-10(8-17)6-11(15)9-18-14/h3-7,9H,2,8,17H2,1H3. The maximum Gasteiger partial charge on any atom is 0.137 e. The molecule has 2 aromatic rings. The lowest BCUT2D eigenvalue weighted by molar-refractivity contribution is 0.627. The van der Waals surface area contributed by atoms with Crippen LogP contribution >= 0.6 is 15.9 Å². The average Bonchev–Trinajstić information content (AvgIpc) is 2.41. The summed E-state index contributed by atoms with van der Waals surface area (Å²) >= 11 is 3.38. The second-order valence-corrected chi connectivity index (χ2v) is 4.98. The number of rotatable bonds is 4. The van der Waals surface area contributed by atoms with Crippen LogP contribution in [0.2, 0.25) is 0 Å². The van der Waals surface area contributed by atoms with Crippen LogP contribution in [0.5, 0.6) is 0 Å². The zero-order chi connectivity index (χ0) is 13.8. The van der Waals surface area contributed by atoms with Crippen molar-refractivity contribution in [2.24, 2.45) is 5.73 Å². The molecule has 1 aromatic heterocycles. The topological polar surface area (TPSA) is 42.2 Å². The fraction of sp³-hybridized carbons (Fsp3) is 0.214. The van der Waals surface area contributed by atoms with Crippen LogP contribution in [0.3, 0.4) is 0 Å². The molecule has 0 radical (unpaired) electrons. The van der Waals surface area contributed by atoms with E-state index in [2.05, 4.69) is 20.9 Å². The summed E-state index contributed by atoms with van der Waals surface area (Å²) in [5, 5.41) is 0. The first-order chi connectivity index (χ1) is 9.15. The number of halogens is 2. The second-order valence-electron chi connectivity index (χ2n) is 4.06. The molecule has 2 N–H and O–H groups in total. The Kier molecular flexibility index (Phi) is 4.50. The van der Waals surface area contributed by atoms with Crippen molar-refractivity contribution in [3.05, 3.63) is 52.4 Å². The summed E-state index contributed by atoms with van der Waals surface area (Å²) in [4.78, 5) is 6.35. The Hall–Kier alpha value is -1.46. The van der Waals surface area contributed by atoms with Gasteiger partial charge in [-0.3, -0.25) is 0 Å². The minimum absolute atomic E-state index is 0.262. The summed E-state index contributed by atoms with van der Waals surface area (Å²) in [5.74, 6) is 0.501. The number of pyridine rings is 1. The lowest BCUT2D eigenvalue weighted by Crippen LogP contribution is -2.20. The van der Waals surface area contributed by atoms with Crippen LogP contribution in [0, 0.1) is 5.82 Å². The predicted octanol–water partition coefficient (Wildman–Crippen LogP) is 3.60. The van der Waals surface area contributed by atoms with E-state index in [4.69, 9.17) is 5.73 Å². The molecular formula is C14H15BrFN3. The van der Waals surface area contributed by atoms with Gasteiger partial charge in [-0.1, -0.05) is 6.07 Å². The van der Waals surface area contributed by atoms with Crippen LogP contribution < -0.4 is 10.6 Å². The lowest BCUT2D eigenvalue weighted by atomic mass is 10.2. The summed E-state index contributed by atoms with van der Waals surface area (Å²) in [6, 6.07) is 8.40. The van der Waals surface area contributed by atoms with Crippen LogP contribution in [-0.4, -0.2) is 11.5 Å². The highest BCUT2D eigenvalue weighted by Gasteiger charge is 2.13. The zero-order valence-electron chi connectivity index (χ0n) is 10.6. The van der Waals surface area contributed by atoms with Crippen molar-refractivity contribution in [3.63, 3.8) is 0 Å². The molecule has 0 aliphatic carbocycles. The summed E-state index contributed by atoms with van der Waals surface area (Å²) in [6.45, 7) is 3.06. The first-order valence-corrected chi connectivity index (χ1v) is 6.82. The third-order valence-electron chi connectivity index (χ3n) is 2.82. The van der Waals surface area contributed by atoms with Gasteiger partial charge in [0.1, 0.15) is 11.6 Å². The zero-order valence-corrected chi connectivity index (χ0v) is 12.2. The third kappa shape index (κ3) is 3.11. The second kappa shape index (κ2) is 6.12. The van der Waals surface area contributed by atoms with Gasteiger partial charge < -0.3 is 10.6 Å². The molecule has 0 unspecified atom stereocenters.